The van der Waals surface area contributed by atoms with Gasteiger partial charge >= 0.3 is 0 Å². The Hall–Kier alpha value is -2.64. The maximum Gasteiger partial charge on any atom is 0.249 e. The number of amides is 2. The maximum absolute atomic E-state index is 13.3. The van der Waals surface area contributed by atoms with Crippen LogP contribution in [-0.2, 0) is 20.7 Å². The molecule has 1 aliphatic rings. The maximum atomic E-state index is 13.3. The lowest BCUT2D eigenvalue weighted by atomic mass is 10.00. The number of thiophene rings is 1. The molecule has 0 aliphatic carbocycles. The lowest BCUT2D eigenvalue weighted by molar-refractivity contribution is -0.144. The molecule has 1 aromatic carbocycles. The molecule has 1 atom stereocenters. The number of fused-ring (bicyclic) bond motifs is 1. The van der Waals surface area contributed by atoms with Crippen molar-refractivity contribution in [1.29, 1.82) is 0 Å². The molecular formula is C25H32N2O4S. The van der Waals surface area contributed by atoms with Crippen molar-refractivity contribution in [2.45, 2.75) is 32.2 Å². The average Bonchev–Trinajstić information content (AvgIpc) is 3.26. The second-order valence-electron chi connectivity index (χ2n) is 8.18. The Morgan fingerprint density at radius 2 is 2.03 bits per heavy atom. The topological polar surface area (TPSA) is 59.1 Å². The second kappa shape index (κ2) is 11.3. The molecule has 7 heteroatoms. The van der Waals surface area contributed by atoms with E-state index in [1.54, 1.807) is 17.4 Å². The molecule has 0 unspecified atom stereocenters. The summed E-state index contributed by atoms with van der Waals surface area (Å²) in [7, 11) is 1.47. The first-order valence-electron chi connectivity index (χ1n) is 10.9. The minimum absolute atomic E-state index is 0.00668. The van der Waals surface area contributed by atoms with Gasteiger partial charge in [0, 0.05) is 25.1 Å². The SMILES string of the molecule is C=CCN(CC(=O)N1CCc2sccc2[C@@H]1COc1ccc(C(C)C)cc1)C(=O)COC. The summed E-state index contributed by atoms with van der Waals surface area (Å²) >= 11 is 1.72. The molecule has 0 spiro atoms. The van der Waals surface area contributed by atoms with E-state index in [-0.39, 0.29) is 31.0 Å². The van der Waals surface area contributed by atoms with Crippen LogP contribution in [0.3, 0.4) is 0 Å². The molecule has 0 radical (unpaired) electrons. The van der Waals surface area contributed by atoms with Crippen molar-refractivity contribution in [2.24, 2.45) is 0 Å². The second-order valence-corrected chi connectivity index (χ2v) is 9.18. The van der Waals surface area contributed by atoms with Crippen molar-refractivity contribution in [3.63, 3.8) is 0 Å². The summed E-state index contributed by atoms with van der Waals surface area (Å²) in [6.45, 7) is 9.22. The number of carbonyl (C=O) groups is 2. The lowest BCUT2D eigenvalue weighted by Gasteiger charge is -2.37. The van der Waals surface area contributed by atoms with Gasteiger partial charge in [0.1, 0.15) is 25.5 Å². The molecule has 0 saturated heterocycles. The molecular weight excluding hydrogens is 424 g/mol. The third kappa shape index (κ3) is 5.78. The van der Waals surface area contributed by atoms with Crippen LogP contribution >= 0.6 is 11.3 Å². The van der Waals surface area contributed by atoms with Crippen LogP contribution < -0.4 is 4.74 Å². The number of nitrogens with zero attached hydrogens (tertiary/aromatic N) is 2. The third-order valence-electron chi connectivity index (χ3n) is 5.67. The fourth-order valence-corrected chi connectivity index (χ4v) is 4.81. The highest BCUT2D eigenvalue weighted by Gasteiger charge is 2.33. The number of rotatable bonds is 10. The summed E-state index contributed by atoms with van der Waals surface area (Å²) in [4.78, 5) is 30.2. The molecule has 1 aromatic heterocycles. The van der Waals surface area contributed by atoms with Gasteiger partial charge in [0.2, 0.25) is 11.8 Å². The number of hydrogen-bond acceptors (Lipinski definition) is 5. The van der Waals surface area contributed by atoms with Crippen LogP contribution in [0.1, 0.15) is 41.8 Å². The molecule has 32 heavy (non-hydrogen) atoms. The van der Waals surface area contributed by atoms with Gasteiger partial charge in [-0.25, -0.2) is 0 Å². The van der Waals surface area contributed by atoms with Crippen molar-refractivity contribution in [2.75, 3.05) is 40.0 Å². The van der Waals surface area contributed by atoms with E-state index in [1.807, 2.05) is 17.0 Å². The molecule has 6 nitrogen and oxygen atoms in total. The van der Waals surface area contributed by atoms with Gasteiger partial charge in [0.25, 0.3) is 0 Å². The molecule has 2 heterocycles. The van der Waals surface area contributed by atoms with E-state index >= 15 is 0 Å². The van der Waals surface area contributed by atoms with E-state index in [4.69, 9.17) is 9.47 Å². The van der Waals surface area contributed by atoms with Crippen LogP contribution in [0, 0.1) is 0 Å². The highest BCUT2D eigenvalue weighted by Crippen LogP contribution is 2.34. The van der Waals surface area contributed by atoms with Gasteiger partial charge in [-0.2, -0.15) is 0 Å². The fraction of sp³-hybridized carbons (Fsp3) is 0.440. The molecule has 0 fully saturated rings. The summed E-state index contributed by atoms with van der Waals surface area (Å²) in [5.41, 5.74) is 2.39. The fourth-order valence-electron chi connectivity index (χ4n) is 3.88. The molecule has 0 N–H and O–H groups in total. The average molecular weight is 457 g/mol. The Balaban J connectivity index is 1.74. The van der Waals surface area contributed by atoms with Crippen LogP contribution in [0.4, 0.5) is 0 Å². The zero-order valence-corrected chi connectivity index (χ0v) is 19.9. The van der Waals surface area contributed by atoms with Gasteiger partial charge in [-0.05, 0) is 47.0 Å². The molecule has 3 rings (SSSR count). The van der Waals surface area contributed by atoms with Crippen LogP contribution in [-0.4, -0.2) is 61.6 Å². The molecule has 2 amide bonds. The normalized spacial score (nSPS) is 15.4. The number of ether oxygens (including phenoxy) is 2. The molecule has 0 bridgehead atoms. The van der Waals surface area contributed by atoms with E-state index < -0.39 is 0 Å². The van der Waals surface area contributed by atoms with Crippen molar-refractivity contribution in [1.82, 2.24) is 9.80 Å². The largest absolute Gasteiger partial charge is 0.491 e. The zero-order chi connectivity index (χ0) is 23.1. The summed E-state index contributed by atoms with van der Waals surface area (Å²) in [6, 6.07) is 10.0. The van der Waals surface area contributed by atoms with Crippen molar-refractivity contribution >= 4 is 23.2 Å². The van der Waals surface area contributed by atoms with E-state index in [0.717, 1.165) is 17.7 Å². The highest BCUT2D eigenvalue weighted by molar-refractivity contribution is 7.10. The van der Waals surface area contributed by atoms with Gasteiger partial charge in [-0.3, -0.25) is 9.59 Å². The first kappa shape index (κ1) is 24.0. The summed E-state index contributed by atoms with van der Waals surface area (Å²) in [6.07, 6.45) is 2.43. The Kier molecular flexibility index (Phi) is 8.47. The number of hydrogen-bond donors (Lipinski definition) is 0. The smallest absolute Gasteiger partial charge is 0.249 e. The van der Waals surface area contributed by atoms with E-state index in [2.05, 4.69) is 44.0 Å². The summed E-state index contributed by atoms with van der Waals surface area (Å²) in [5, 5.41) is 2.06. The van der Waals surface area contributed by atoms with Crippen LogP contribution in [0.2, 0.25) is 0 Å². The first-order valence-corrected chi connectivity index (χ1v) is 11.8. The van der Waals surface area contributed by atoms with Crippen molar-refractivity contribution < 1.29 is 19.1 Å². The molecule has 2 aromatic rings. The monoisotopic (exact) mass is 456 g/mol. The Labute approximate surface area is 194 Å². The minimum atomic E-state index is -0.230. The van der Waals surface area contributed by atoms with Gasteiger partial charge in [-0.15, -0.1) is 17.9 Å². The standard InChI is InChI=1S/C25H32N2O4S/c1-5-12-26(25(29)17-30-4)15-24(28)27-13-10-23-21(11-14-32-23)22(27)16-31-20-8-6-19(7-9-20)18(2)3/h5-9,11,14,18,22H,1,10,12-13,15-17H2,2-4H3/t22-/m0/s1. The van der Waals surface area contributed by atoms with Crippen molar-refractivity contribution in [3.05, 3.63) is 64.4 Å². The molecule has 1 aliphatic heterocycles. The number of methoxy groups -OCH3 is 1. The summed E-state index contributed by atoms with van der Waals surface area (Å²) < 4.78 is 11.1. The molecule has 172 valence electrons. The van der Waals surface area contributed by atoms with E-state index in [0.29, 0.717) is 25.6 Å². The van der Waals surface area contributed by atoms with Crippen LogP contribution in [0.25, 0.3) is 0 Å². The Morgan fingerprint density at radius 1 is 1.28 bits per heavy atom. The first-order chi connectivity index (χ1) is 15.4. The number of benzene rings is 1. The van der Waals surface area contributed by atoms with Crippen LogP contribution in [0.15, 0.2) is 48.4 Å². The van der Waals surface area contributed by atoms with Gasteiger partial charge in [-0.1, -0.05) is 32.1 Å². The van der Waals surface area contributed by atoms with Gasteiger partial charge < -0.3 is 19.3 Å². The minimum Gasteiger partial charge on any atom is -0.491 e. The van der Waals surface area contributed by atoms with Gasteiger partial charge in [0.15, 0.2) is 0 Å². The van der Waals surface area contributed by atoms with Gasteiger partial charge in [0.05, 0.1) is 6.04 Å². The lowest BCUT2D eigenvalue weighted by Crippen LogP contribution is -2.48. The Morgan fingerprint density at radius 3 is 2.69 bits per heavy atom. The molecule has 0 saturated carbocycles. The summed E-state index contributed by atoms with van der Waals surface area (Å²) in [5.74, 6) is 0.917. The Bertz CT molecular complexity index is 922. The quantitative estimate of drug-likeness (QED) is 0.507. The van der Waals surface area contributed by atoms with Crippen LogP contribution in [0.5, 0.6) is 5.75 Å². The van der Waals surface area contributed by atoms with E-state index in [1.165, 1.54) is 22.5 Å². The third-order valence-corrected chi connectivity index (χ3v) is 6.66. The zero-order valence-electron chi connectivity index (χ0n) is 19.1. The highest BCUT2D eigenvalue weighted by atomic mass is 32.1. The van der Waals surface area contributed by atoms with Crippen molar-refractivity contribution in [3.8, 4) is 5.75 Å². The predicted octanol–water partition coefficient (Wildman–Crippen LogP) is 4.04. The van der Waals surface area contributed by atoms with E-state index in [9.17, 15) is 9.59 Å². The predicted molar refractivity (Wildman–Crippen MR) is 127 cm³/mol. The number of carbonyl (C=O) groups excluding carboxylic acids is 2.